The molecule has 0 aliphatic carbocycles. The predicted molar refractivity (Wildman–Crippen MR) is 139 cm³/mol. The Bertz CT molecular complexity index is 484. The lowest BCUT2D eigenvalue weighted by Crippen LogP contribution is -2.34. The van der Waals surface area contributed by atoms with Crippen LogP contribution >= 0.6 is 11.8 Å². The summed E-state index contributed by atoms with van der Waals surface area (Å²) in [5.41, 5.74) is 0. The maximum Gasteiger partial charge on any atom is 0.306 e. The summed E-state index contributed by atoms with van der Waals surface area (Å²) in [6.45, 7) is 7.34. The van der Waals surface area contributed by atoms with Crippen LogP contribution in [0.2, 0.25) is 0 Å². The zero-order chi connectivity index (χ0) is 23.9. The maximum absolute atomic E-state index is 12.4. The van der Waals surface area contributed by atoms with Gasteiger partial charge in [-0.25, -0.2) is 0 Å². The van der Waals surface area contributed by atoms with Crippen molar-refractivity contribution in [2.75, 3.05) is 51.8 Å². The summed E-state index contributed by atoms with van der Waals surface area (Å²) in [6, 6.07) is 0. The Balaban J connectivity index is 3.74. The monoisotopic (exact) mass is 470 g/mol. The average Bonchev–Trinajstić information content (AvgIpc) is 2.76. The molecule has 1 amide bonds. The lowest BCUT2D eigenvalue weighted by atomic mass is 10.1. The topological polar surface area (TPSA) is 49.9 Å². The number of carbonyl (C=O) groups is 2. The van der Waals surface area contributed by atoms with Crippen LogP contribution in [-0.2, 0) is 14.3 Å². The molecule has 0 bridgehead atoms. The Morgan fingerprint density at radius 3 is 2.25 bits per heavy atom. The highest BCUT2D eigenvalue weighted by Gasteiger charge is 2.12. The molecule has 0 saturated heterocycles. The lowest BCUT2D eigenvalue weighted by Gasteiger charge is -2.22. The fourth-order valence-corrected chi connectivity index (χ4v) is 4.32. The highest BCUT2D eigenvalue weighted by atomic mass is 32.2. The maximum atomic E-state index is 12.4. The number of hydrogen-bond donors (Lipinski definition) is 0. The second kappa shape index (κ2) is 23.2. The summed E-state index contributed by atoms with van der Waals surface area (Å²) in [7, 11) is 4.10. The summed E-state index contributed by atoms with van der Waals surface area (Å²) in [4.78, 5) is 28.4. The SMILES string of the molecule is CCCCCCCC/C=C\COC(=O)CCCCCN(CCC)C(=O)CSCCN(C)C. The largest absolute Gasteiger partial charge is 0.461 e. The first-order chi connectivity index (χ1) is 15.5. The molecule has 0 fully saturated rings. The van der Waals surface area contributed by atoms with Crippen LogP contribution in [0, 0.1) is 0 Å². The van der Waals surface area contributed by atoms with E-state index in [2.05, 4.69) is 38.9 Å². The Morgan fingerprint density at radius 1 is 0.812 bits per heavy atom. The van der Waals surface area contributed by atoms with Crippen molar-refractivity contribution in [3.8, 4) is 0 Å². The van der Waals surface area contributed by atoms with E-state index in [0.29, 0.717) is 18.8 Å². The first kappa shape index (κ1) is 31.0. The van der Waals surface area contributed by atoms with Crippen LogP contribution in [-0.4, -0.2) is 73.5 Å². The van der Waals surface area contributed by atoms with Crippen molar-refractivity contribution in [3.63, 3.8) is 0 Å². The van der Waals surface area contributed by atoms with E-state index in [9.17, 15) is 9.59 Å². The van der Waals surface area contributed by atoms with E-state index in [1.165, 1.54) is 38.5 Å². The van der Waals surface area contributed by atoms with Gasteiger partial charge in [0, 0.05) is 31.8 Å². The van der Waals surface area contributed by atoms with Gasteiger partial charge in [0.25, 0.3) is 0 Å². The van der Waals surface area contributed by atoms with Crippen LogP contribution in [0.25, 0.3) is 0 Å². The second-order valence-electron chi connectivity index (χ2n) is 8.76. The van der Waals surface area contributed by atoms with Gasteiger partial charge in [-0.3, -0.25) is 9.59 Å². The van der Waals surface area contributed by atoms with E-state index in [0.717, 1.165) is 57.5 Å². The molecule has 188 valence electrons. The third kappa shape index (κ3) is 20.9. The van der Waals surface area contributed by atoms with E-state index in [1.54, 1.807) is 11.8 Å². The molecular weight excluding hydrogens is 420 g/mol. The van der Waals surface area contributed by atoms with Crippen molar-refractivity contribution in [3.05, 3.63) is 12.2 Å². The van der Waals surface area contributed by atoms with Gasteiger partial charge in [0.2, 0.25) is 5.91 Å². The van der Waals surface area contributed by atoms with Gasteiger partial charge in [0.05, 0.1) is 5.75 Å². The third-order valence-electron chi connectivity index (χ3n) is 5.30. The van der Waals surface area contributed by atoms with Gasteiger partial charge in [-0.05, 0) is 46.2 Å². The standard InChI is InChI=1S/C26H50N2O3S/c1-5-7-8-9-10-11-12-13-17-22-31-26(30)18-15-14-16-20-28(19-6-2)25(29)24-32-23-21-27(3)4/h13,17H,5-12,14-16,18-24H2,1-4H3/b17-13-. The summed E-state index contributed by atoms with van der Waals surface area (Å²) < 4.78 is 5.28. The number of hydrogen-bond acceptors (Lipinski definition) is 5. The number of ether oxygens (including phenoxy) is 1. The zero-order valence-corrected chi connectivity index (χ0v) is 22.2. The van der Waals surface area contributed by atoms with Gasteiger partial charge >= 0.3 is 5.97 Å². The number of allylic oxidation sites excluding steroid dienone is 1. The molecule has 0 aromatic rings. The molecule has 0 heterocycles. The molecule has 0 atom stereocenters. The van der Waals surface area contributed by atoms with Crippen molar-refractivity contribution in [1.82, 2.24) is 9.80 Å². The summed E-state index contributed by atoms with van der Waals surface area (Å²) in [6.07, 6.45) is 17.2. The Morgan fingerprint density at radius 2 is 1.53 bits per heavy atom. The quantitative estimate of drug-likeness (QED) is 0.111. The molecule has 6 heteroatoms. The summed E-state index contributed by atoms with van der Waals surface area (Å²) in [5.74, 6) is 1.66. The second-order valence-corrected chi connectivity index (χ2v) is 9.86. The van der Waals surface area contributed by atoms with Crippen molar-refractivity contribution in [2.45, 2.75) is 90.9 Å². The van der Waals surface area contributed by atoms with Crippen LogP contribution in [0.3, 0.4) is 0 Å². The Kier molecular flexibility index (Phi) is 22.4. The Labute approximate surface area is 202 Å². The molecule has 0 aromatic carbocycles. The molecule has 0 aliphatic rings. The average molecular weight is 471 g/mol. The van der Waals surface area contributed by atoms with E-state index < -0.39 is 0 Å². The van der Waals surface area contributed by atoms with Crippen molar-refractivity contribution >= 4 is 23.6 Å². The van der Waals surface area contributed by atoms with Crippen LogP contribution < -0.4 is 0 Å². The number of unbranched alkanes of at least 4 members (excludes halogenated alkanes) is 8. The molecule has 0 aliphatic heterocycles. The first-order valence-electron chi connectivity index (χ1n) is 12.8. The van der Waals surface area contributed by atoms with Gasteiger partial charge in [0.1, 0.15) is 6.61 Å². The van der Waals surface area contributed by atoms with Gasteiger partial charge in [-0.1, -0.05) is 64.5 Å². The van der Waals surface area contributed by atoms with Gasteiger partial charge in [-0.2, -0.15) is 11.8 Å². The van der Waals surface area contributed by atoms with Gasteiger partial charge < -0.3 is 14.5 Å². The molecular formula is C26H50N2O3S. The Hall–Kier alpha value is -1.01. The minimum Gasteiger partial charge on any atom is -0.461 e. The molecule has 5 nitrogen and oxygen atoms in total. The molecule has 0 aromatic heterocycles. The van der Waals surface area contributed by atoms with Crippen LogP contribution in [0.4, 0.5) is 0 Å². The number of nitrogens with zero attached hydrogens (tertiary/aromatic N) is 2. The van der Waals surface area contributed by atoms with Gasteiger partial charge in [-0.15, -0.1) is 0 Å². The highest BCUT2D eigenvalue weighted by molar-refractivity contribution is 7.99. The lowest BCUT2D eigenvalue weighted by molar-refractivity contribution is -0.142. The molecule has 0 spiro atoms. The van der Waals surface area contributed by atoms with E-state index in [1.807, 2.05) is 11.0 Å². The van der Waals surface area contributed by atoms with Crippen molar-refractivity contribution in [1.29, 1.82) is 0 Å². The number of esters is 1. The summed E-state index contributed by atoms with van der Waals surface area (Å²) in [5, 5.41) is 0. The van der Waals surface area contributed by atoms with Crippen molar-refractivity contribution < 1.29 is 14.3 Å². The molecule has 32 heavy (non-hydrogen) atoms. The molecule has 0 unspecified atom stereocenters. The number of carbonyl (C=O) groups excluding carboxylic acids is 2. The smallest absolute Gasteiger partial charge is 0.306 e. The summed E-state index contributed by atoms with van der Waals surface area (Å²) >= 11 is 1.71. The van der Waals surface area contributed by atoms with Crippen LogP contribution in [0.1, 0.15) is 90.9 Å². The van der Waals surface area contributed by atoms with Crippen molar-refractivity contribution in [2.24, 2.45) is 0 Å². The predicted octanol–water partition coefficient (Wildman–Crippen LogP) is 5.93. The van der Waals surface area contributed by atoms with Gasteiger partial charge in [0.15, 0.2) is 0 Å². The zero-order valence-electron chi connectivity index (χ0n) is 21.4. The first-order valence-corrected chi connectivity index (χ1v) is 14.0. The fourth-order valence-electron chi connectivity index (χ4n) is 3.32. The molecule has 0 saturated carbocycles. The van der Waals surface area contributed by atoms with E-state index >= 15 is 0 Å². The number of amides is 1. The minimum absolute atomic E-state index is 0.118. The van der Waals surface area contributed by atoms with E-state index in [-0.39, 0.29) is 11.9 Å². The third-order valence-corrected chi connectivity index (χ3v) is 6.22. The van der Waals surface area contributed by atoms with Crippen LogP contribution in [0.15, 0.2) is 12.2 Å². The highest BCUT2D eigenvalue weighted by Crippen LogP contribution is 2.09. The molecule has 0 radical (unpaired) electrons. The number of rotatable bonds is 22. The number of thioether (sulfide) groups is 1. The molecule has 0 N–H and O–H groups in total. The van der Waals surface area contributed by atoms with E-state index in [4.69, 9.17) is 4.74 Å². The normalized spacial score (nSPS) is 11.4. The minimum atomic E-state index is -0.118. The fraction of sp³-hybridized carbons (Fsp3) is 0.846. The van der Waals surface area contributed by atoms with Crippen LogP contribution in [0.5, 0.6) is 0 Å². The molecule has 0 rings (SSSR count).